The number of carbonyl (C=O) groups is 2. The minimum atomic E-state index is -1.00. The fourth-order valence-corrected chi connectivity index (χ4v) is 4.25. The molecule has 1 aliphatic carbocycles. The molecule has 1 saturated carbocycles. The van der Waals surface area contributed by atoms with Crippen molar-refractivity contribution < 1.29 is 33.5 Å². The molecule has 2 fully saturated rings. The van der Waals surface area contributed by atoms with Gasteiger partial charge < -0.3 is 19.0 Å². The van der Waals surface area contributed by atoms with Gasteiger partial charge in [0, 0.05) is 4.90 Å². The van der Waals surface area contributed by atoms with E-state index in [-0.39, 0.29) is 36.4 Å². The minimum absolute atomic E-state index is 0.100. The van der Waals surface area contributed by atoms with E-state index in [0.29, 0.717) is 24.2 Å². The summed E-state index contributed by atoms with van der Waals surface area (Å²) in [5.74, 6) is -0.920. The van der Waals surface area contributed by atoms with Gasteiger partial charge in [-0.1, -0.05) is 40.5 Å². The third-order valence-corrected chi connectivity index (χ3v) is 5.97. The molecule has 8 nitrogen and oxygen atoms in total. The highest BCUT2D eigenvalue weighted by Crippen LogP contribution is 2.38. The molecule has 1 heterocycles. The molecule has 0 aromatic heterocycles. The Morgan fingerprint density at radius 2 is 2.03 bits per heavy atom. The monoisotopic (exact) mass is 427 g/mol. The van der Waals surface area contributed by atoms with Gasteiger partial charge in [0.2, 0.25) is 6.29 Å². The average molecular weight is 428 g/mol. The van der Waals surface area contributed by atoms with Crippen LogP contribution >= 0.6 is 0 Å². The van der Waals surface area contributed by atoms with Gasteiger partial charge in [0.05, 0.1) is 25.7 Å². The molecule has 0 spiro atoms. The lowest BCUT2D eigenvalue weighted by molar-refractivity contribution is -0.742. The van der Waals surface area contributed by atoms with E-state index in [9.17, 15) is 14.8 Å². The van der Waals surface area contributed by atoms with E-state index in [1.807, 2.05) is 6.92 Å². The summed E-state index contributed by atoms with van der Waals surface area (Å²) >= 11 is 0. The smallest absolute Gasteiger partial charge is 0.405 e. The maximum Gasteiger partial charge on any atom is 0.405 e. The number of ether oxygens (including phenoxy) is 3. The molecular weight excluding hydrogens is 390 g/mol. The number of esters is 2. The van der Waals surface area contributed by atoms with Crippen LogP contribution in [0.1, 0.15) is 73.1 Å². The summed E-state index contributed by atoms with van der Waals surface area (Å²) in [6.45, 7) is 10.4. The molecule has 2 rings (SSSR count). The Balaban J connectivity index is 2.26. The lowest BCUT2D eigenvalue weighted by Gasteiger charge is -2.38. The first-order valence-electron chi connectivity index (χ1n) is 11.3. The second kappa shape index (κ2) is 11.5. The van der Waals surface area contributed by atoms with Crippen LogP contribution in [0.5, 0.6) is 0 Å². The van der Waals surface area contributed by atoms with Crippen LogP contribution in [0.4, 0.5) is 0 Å². The number of cyclic esters (lactones) is 1. The van der Waals surface area contributed by atoms with Crippen LogP contribution in [0.2, 0.25) is 0 Å². The van der Waals surface area contributed by atoms with Crippen LogP contribution < -0.4 is 0 Å². The van der Waals surface area contributed by atoms with Gasteiger partial charge >= 0.3 is 17.7 Å². The summed E-state index contributed by atoms with van der Waals surface area (Å²) in [5.41, 5.74) is -0.270. The van der Waals surface area contributed by atoms with Crippen molar-refractivity contribution in [2.24, 2.45) is 23.7 Å². The van der Waals surface area contributed by atoms with E-state index < -0.39 is 24.1 Å². The number of nitrogens with zero attached hydrogens (tertiary/aromatic N) is 1. The van der Waals surface area contributed by atoms with Gasteiger partial charge in [0.25, 0.3) is 0 Å². The average Bonchev–Trinajstić information content (AvgIpc) is 3.02. The standard InChI is InChI=1S/C22H37NO7/c1-6-8-11-28-23(26)20(21(25)27-7-2)17-13-19(24)30-22(17)29-18-12-15(5)9-10-16(18)14(3)4/h14-18,22H,6-13H2,1-5H3/b23-20-/t15-,16+,17-,18-,22+/m0/s1. The topological polar surface area (TPSA) is 97.1 Å². The molecule has 0 amide bonds. The molecule has 0 bridgehead atoms. The quantitative estimate of drug-likeness (QED) is 0.173. The molecule has 172 valence electrons. The van der Waals surface area contributed by atoms with Crippen molar-refractivity contribution in [2.45, 2.75) is 85.5 Å². The zero-order valence-corrected chi connectivity index (χ0v) is 18.9. The Labute approximate surface area is 179 Å². The number of hydrogen-bond acceptors (Lipinski definition) is 7. The van der Waals surface area contributed by atoms with Crippen LogP contribution in [0.3, 0.4) is 0 Å². The molecule has 1 saturated heterocycles. The minimum Gasteiger partial charge on any atom is -0.458 e. The Bertz CT molecular complexity index is 619. The summed E-state index contributed by atoms with van der Waals surface area (Å²) < 4.78 is 16.8. The summed E-state index contributed by atoms with van der Waals surface area (Å²) in [7, 11) is 0. The van der Waals surface area contributed by atoms with Gasteiger partial charge in [0.1, 0.15) is 5.92 Å². The van der Waals surface area contributed by atoms with Gasteiger partial charge in [-0.2, -0.15) is 0 Å². The molecule has 2 aliphatic rings. The van der Waals surface area contributed by atoms with Crippen molar-refractivity contribution in [1.29, 1.82) is 0 Å². The van der Waals surface area contributed by atoms with Crippen molar-refractivity contribution >= 4 is 17.7 Å². The SMILES string of the molecule is CCCCO/[N+]([O-])=C(\C(=O)OCC)[C@@H]1CC(=O)O[C@H]1O[C@H]1C[C@@H](C)CC[C@@H]1C(C)C. The summed E-state index contributed by atoms with van der Waals surface area (Å²) in [6, 6.07) is 0. The molecular formula is C22H37NO7. The van der Waals surface area contributed by atoms with E-state index in [4.69, 9.17) is 19.0 Å². The summed E-state index contributed by atoms with van der Waals surface area (Å²) in [6.07, 6.45) is 3.32. The zero-order valence-electron chi connectivity index (χ0n) is 18.9. The van der Waals surface area contributed by atoms with Gasteiger partial charge in [0.15, 0.2) is 0 Å². The second-order valence-electron chi connectivity index (χ2n) is 8.72. The van der Waals surface area contributed by atoms with E-state index in [2.05, 4.69) is 20.8 Å². The molecule has 0 N–H and O–H groups in total. The highest BCUT2D eigenvalue weighted by Gasteiger charge is 2.50. The highest BCUT2D eigenvalue weighted by atomic mass is 16.9. The number of rotatable bonds is 10. The Morgan fingerprint density at radius 3 is 2.67 bits per heavy atom. The molecule has 5 atom stereocenters. The first-order chi connectivity index (χ1) is 14.3. The fourth-order valence-electron chi connectivity index (χ4n) is 4.25. The van der Waals surface area contributed by atoms with Crippen LogP contribution in [0, 0.1) is 28.9 Å². The zero-order chi connectivity index (χ0) is 22.3. The predicted octanol–water partition coefficient (Wildman–Crippen LogP) is 3.60. The second-order valence-corrected chi connectivity index (χ2v) is 8.72. The molecule has 0 aromatic rings. The van der Waals surface area contributed by atoms with Crippen molar-refractivity contribution in [1.82, 2.24) is 0 Å². The van der Waals surface area contributed by atoms with Gasteiger partial charge in [-0.05, 0) is 43.9 Å². The Morgan fingerprint density at radius 1 is 1.30 bits per heavy atom. The first kappa shape index (κ1) is 24.4. The molecule has 0 radical (unpaired) electrons. The molecule has 1 aliphatic heterocycles. The largest absolute Gasteiger partial charge is 0.458 e. The highest BCUT2D eigenvalue weighted by molar-refractivity contribution is 6.35. The van der Waals surface area contributed by atoms with Crippen LogP contribution in [0.15, 0.2) is 0 Å². The number of unbranched alkanes of at least 4 members (excludes halogenated alkanes) is 1. The fraction of sp³-hybridized carbons (Fsp3) is 0.864. The van der Waals surface area contributed by atoms with E-state index in [1.165, 1.54) is 0 Å². The number of carbonyl (C=O) groups excluding carboxylic acids is 2. The third kappa shape index (κ3) is 6.33. The lowest BCUT2D eigenvalue weighted by Crippen LogP contribution is -2.43. The first-order valence-corrected chi connectivity index (χ1v) is 11.3. The summed E-state index contributed by atoms with van der Waals surface area (Å²) in [4.78, 5) is 30.1. The van der Waals surface area contributed by atoms with Crippen molar-refractivity contribution in [3.63, 3.8) is 0 Å². The van der Waals surface area contributed by atoms with Gasteiger partial charge in [-0.15, -0.1) is 0 Å². The third-order valence-electron chi connectivity index (χ3n) is 5.97. The molecule has 0 aromatic carbocycles. The van der Waals surface area contributed by atoms with Crippen molar-refractivity contribution in [3.8, 4) is 0 Å². The maximum atomic E-state index is 12.6. The van der Waals surface area contributed by atoms with Gasteiger partial charge in [-0.25, -0.2) is 4.79 Å². The Kier molecular flexibility index (Phi) is 9.39. The van der Waals surface area contributed by atoms with Crippen LogP contribution in [-0.4, -0.2) is 48.2 Å². The number of hydrogen-bond donors (Lipinski definition) is 0. The van der Waals surface area contributed by atoms with E-state index in [1.54, 1.807) is 6.92 Å². The van der Waals surface area contributed by atoms with E-state index >= 15 is 0 Å². The molecule has 8 heteroatoms. The van der Waals surface area contributed by atoms with Crippen molar-refractivity contribution in [2.75, 3.05) is 13.2 Å². The molecule has 0 unspecified atom stereocenters. The van der Waals surface area contributed by atoms with Crippen LogP contribution in [-0.2, 0) is 28.6 Å². The summed E-state index contributed by atoms with van der Waals surface area (Å²) in [5, 5.41) is 12.6. The Hall–Kier alpha value is -1.83. The maximum absolute atomic E-state index is 12.6. The van der Waals surface area contributed by atoms with Crippen LogP contribution in [0.25, 0.3) is 0 Å². The lowest BCUT2D eigenvalue weighted by atomic mass is 9.75. The normalized spacial score (nSPS) is 30.1. The van der Waals surface area contributed by atoms with E-state index in [0.717, 1.165) is 25.7 Å². The van der Waals surface area contributed by atoms with Gasteiger partial charge in [-0.3, -0.25) is 10.0 Å². The molecule has 30 heavy (non-hydrogen) atoms. The van der Waals surface area contributed by atoms with Crippen molar-refractivity contribution in [3.05, 3.63) is 5.21 Å². The predicted molar refractivity (Wildman–Crippen MR) is 110 cm³/mol.